The van der Waals surface area contributed by atoms with Gasteiger partial charge in [0.05, 0.1) is 22.5 Å². The van der Waals surface area contributed by atoms with E-state index in [0.29, 0.717) is 0 Å². The monoisotopic (exact) mass is 621 g/mol. The summed E-state index contributed by atoms with van der Waals surface area (Å²) in [5.41, 5.74) is 14.7. The second kappa shape index (κ2) is 9.71. The molecule has 6 aromatic carbocycles. The fourth-order valence-electron chi connectivity index (χ4n) is 8.40. The maximum absolute atomic E-state index is 7.07. The van der Waals surface area contributed by atoms with E-state index < -0.39 is 5.54 Å². The van der Waals surface area contributed by atoms with Crippen molar-refractivity contribution in [2.24, 2.45) is 5.73 Å². The predicted octanol–water partition coefficient (Wildman–Crippen LogP) is 11.2. The van der Waals surface area contributed by atoms with E-state index in [4.69, 9.17) is 5.73 Å². The molecule has 0 aliphatic heterocycles. The van der Waals surface area contributed by atoms with Gasteiger partial charge in [-0.2, -0.15) is 0 Å². The van der Waals surface area contributed by atoms with E-state index in [9.17, 15) is 0 Å². The van der Waals surface area contributed by atoms with Gasteiger partial charge in [0.25, 0.3) is 0 Å². The number of aromatic nitrogens is 2. The van der Waals surface area contributed by atoms with Crippen molar-refractivity contribution in [3.8, 4) is 5.69 Å². The lowest BCUT2D eigenvalue weighted by Gasteiger charge is -2.40. The molecule has 10 rings (SSSR count). The summed E-state index contributed by atoms with van der Waals surface area (Å²) in [5, 5.41) is 7.71. The van der Waals surface area contributed by atoms with Crippen molar-refractivity contribution in [3.63, 3.8) is 0 Å². The summed E-state index contributed by atoms with van der Waals surface area (Å²) in [6.07, 6.45) is 6.56. The Morgan fingerprint density at radius 2 is 1.28 bits per heavy atom. The van der Waals surface area contributed by atoms with Crippen LogP contribution in [0.1, 0.15) is 18.4 Å². The van der Waals surface area contributed by atoms with Crippen LogP contribution in [0.2, 0.25) is 0 Å². The topological polar surface area (TPSA) is 35.9 Å². The molecule has 47 heavy (non-hydrogen) atoms. The standard InChI is InChI=1S/C43H31N3S/c1-43(46-36-18-8-5-14-29(36)30-15-6-9-19-37(30)46)25-11-17-34(44)41(43)27-21-23-35-33(26-27)40-38(45(35)28-12-3-2-4-13-28)24-22-32-31-16-7-10-20-39(31)47-42(32)40/h2-26,41H,44H2,1H3. The van der Waals surface area contributed by atoms with Gasteiger partial charge in [-0.05, 0) is 67.1 Å². The molecule has 4 heteroatoms. The molecule has 2 N–H and O–H groups in total. The summed E-state index contributed by atoms with van der Waals surface area (Å²) in [6, 6.07) is 48.7. The van der Waals surface area contributed by atoms with Gasteiger partial charge in [-0.15, -0.1) is 11.3 Å². The zero-order valence-electron chi connectivity index (χ0n) is 25.9. The Hall–Kier alpha value is -5.58. The largest absolute Gasteiger partial charge is 0.401 e. The number of thiophene rings is 1. The third-order valence-corrected chi connectivity index (χ3v) is 11.6. The molecule has 1 aliphatic carbocycles. The van der Waals surface area contributed by atoms with Crippen molar-refractivity contribution in [1.82, 2.24) is 9.13 Å². The highest BCUT2D eigenvalue weighted by Crippen LogP contribution is 2.49. The molecular weight excluding hydrogens is 591 g/mol. The Morgan fingerprint density at radius 3 is 2.04 bits per heavy atom. The normalized spacial score (nSPS) is 18.3. The van der Waals surface area contributed by atoms with Crippen LogP contribution in [-0.4, -0.2) is 9.13 Å². The molecule has 3 nitrogen and oxygen atoms in total. The van der Waals surface area contributed by atoms with Crippen LogP contribution in [-0.2, 0) is 5.54 Å². The summed E-state index contributed by atoms with van der Waals surface area (Å²) in [4.78, 5) is 0. The smallest absolute Gasteiger partial charge is 0.0731 e. The highest BCUT2D eigenvalue weighted by atomic mass is 32.1. The molecule has 3 aromatic heterocycles. The number of hydrogen-bond acceptors (Lipinski definition) is 2. The Bertz CT molecular complexity index is 2720. The molecule has 224 valence electrons. The minimum absolute atomic E-state index is 0.0761. The molecule has 2 atom stereocenters. The molecule has 0 radical (unpaired) electrons. The minimum Gasteiger partial charge on any atom is -0.401 e. The van der Waals surface area contributed by atoms with Crippen LogP contribution in [0.4, 0.5) is 0 Å². The first-order chi connectivity index (χ1) is 23.1. The zero-order chi connectivity index (χ0) is 31.3. The van der Waals surface area contributed by atoms with Crippen molar-refractivity contribution < 1.29 is 0 Å². The van der Waals surface area contributed by atoms with Crippen molar-refractivity contribution >= 4 is 75.1 Å². The first kappa shape index (κ1) is 26.6. The van der Waals surface area contributed by atoms with Crippen LogP contribution in [0.3, 0.4) is 0 Å². The lowest BCUT2D eigenvalue weighted by atomic mass is 9.75. The van der Waals surface area contributed by atoms with Crippen molar-refractivity contribution in [2.75, 3.05) is 0 Å². The van der Waals surface area contributed by atoms with E-state index in [1.807, 2.05) is 11.3 Å². The third kappa shape index (κ3) is 3.62. The highest BCUT2D eigenvalue weighted by Gasteiger charge is 2.40. The second-order valence-electron chi connectivity index (χ2n) is 12.9. The number of hydrogen-bond donors (Lipinski definition) is 1. The number of nitrogens with two attached hydrogens (primary N) is 1. The van der Waals surface area contributed by atoms with Gasteiger partial charge in [0.15, 0.2) is 0 Å². The van der Waals surface area contributed by atoms with Gasteiger partial charge in [-0.1, -0.05) is 97.1 Å². The van der Waals surface area contributed by atoms with E-state index in [0.717, 1.165) is 11.4 Å². The highest BCUT2D eigenvalue weighted by molar-refractivity contribution is 7.26. The van der Waals surface area contributed by atoms with Crippen LogP contribution < -0.4 is 5.73 Å². The summed E-state index contributed by atoms with van der Waals surface area (Å²) in [7, 11) is 0. The van der Waals surface area contributed by atoms with Gasteiger partial charge in [0.2, 0.25) is 0 Å². The Kier molecular flexibility index (Phi) is 5.50. The molecule has 1 aliphatic rings. The van der Waals surface area contributed by atoms with E-state index in [1.165, 1.54) is 69.3 Å². The molecule has 0 fully saturated rings. The van der Waals surface area contributed by atoms with Gasteiger partial charge in [0, 0.05) is 64.1 Å². The van der Waals surface area contributed by atoms with E-state index in [-0.39, 0.29) is 5.92 Å². The van der Waals surface area contributed by atoms with E-state index in [1.54, 1.807) is 0 Å². The van der Waals surface area contributed by atoms with Crippen molar-refractivity contribution in [2.45, 2.75) is 18.4 Å². The molecule has 9 aromatic rings. The number of fused-ring (bicyclic) bond motifs is 10. The van der Waals surface area contributed by atoms with Crippen molar-refractivity contribution in [3.05, 3.63) is 163 Å². The van der Waals surface area contributed by atoms with Gasteiger partial charge in [-0.25, -0.2) is 0 Å². The van der Waals surface area contributed by atoms with Crippen LogP contribution >= 0.6 is 11.3 Å². The number of nitrogens with zero attached hydrogens (tertiary/aromatic N) is 2. The first-order valence-corrected chi connectivity index (χ1v) is 17.0. The zero-order valence-corrected chi connectivity index (χ0v) is 26.7. The van der Waals surface area contributed by atoms with Crippen LogP contribution in [0, 0.1) is 0 Å². The molecule has 3 heterocycles. The van der Waals surface area contributed by atoms with Gasteiger partial charge in [0.1, 0.15) is 0 Å². The Balaban J connectivity index is 1.29. The van der Waals surface area contributed by atoms with Gasteiger partial charge >= 0.3 is 0 Å². The quantitative estimate of drug-likeness (QED) is 0.209. The van der Waals surface area contributed by atoms with Crippen molar-refractivity contribution in [1.29, 1.82) is 0 Å². The molecule has 0 saturated heterocycles. The fourth-order valence-corrected chi connectivity index (χ4v) is 9.66. The van der Waals surface area contributed by atoms with E-state index >= 15 is 0 Å². The number of para-hydroxylation sites is 3. The summed E-state index contributed by atoms with van der Waals surface area (Å²) < 4.78 is 7.58. The first-order valence-electron chi connectivity index (χ1n) is 16.2. The Morgan fingerprint density at radius 1 is 0.617 bits per heavy atom. The summed E-state index contributed by atoms with van der Waals surface area (Å²) in [6.45, 7) is 2.34. The van der Waals surface area contributed by atoms with Crippen LogP contribution in [0.15, 0.2) is 157 Å². The fraction of sp³-hybridized carbons (Fsp3) is 0.0698. The minimum atomic E-state index is -0.444. The second-order valence-corrected chi connectivity index (χ2v) is 14.0. The SMILES string of the molecule is CC1(n2c3ccccc3c3ccccc32)C=CC=C(N)C1c1ccc2c(c1)c1c3sc4ccccc4c3ccc1n2-c1ccccc1. The van der Waals surface area contributed by atoms with Crippen LogP contribution in [0.5, 0.6) is 0 Å². The number of allylic oxidation sites excluding steroid dienone is 4. The molecular formula is C43H31N3S. The predicted molar refractivity (Wildman–Crippen MR) is 201 cm³/mol. The average Bonchev–Trinajstić information content (AvgIpc) is 3.76. The number of benzene rings is 6. The maximum atomic E-state index is 7.07. The molecule has 2 unspecified atom stereocenters. The third-order valence-electron chi connectivity index (χ3n) is 10.3. The van der Waals surface area contributed by atoms with Gasteiger partial charge in [-0.3, -0.25) is 0 Å². The van der Waals surface area contributed by atoms with Crippen LogP contribution in [0.25, 0.3) is 69.5 Å². The molecule has 0 saturated carbocycles. The lowest BCUT2D eigenvalue weighted by molar-refractivity contribution is 0.372. The Labute approximate surface area is 276 Å². The lowest BCUT2D eigenvalue weighted by Crippen LogP contribution is -2.39. The average molecular weight is 622 g/mol. The number of rotatable bonds is 3. The summed E-state index contributed by atoms with van der Waals surface area (Å²) in [5.74, 6) is -0.0761. The molecule has 0 bridgehead atoms. The van der Waals surface area contributed by atoms with E-state index in [2.05, 4.69) is 168 Å². The molecule has 0 spiro atoms. The van der Waals surface area contributed by atoms with Gasteiger partial charge < -0.3 is 14.9 Å². The summed E-state index contributed by atoms with van der Waals surface area (Å²) >= 11 is 1.89. The molecule has 0 amide bonds. The maximum Gasteiger partial charge on any atom is 0.0731 e.